The Morgan fingerprint density at radius 3 is 1.03 bits per heavy atom. The number of nitriles is 2. The summed E-state index contributed by atoms with van der Waals surface area (Å²) in [5.41, 5.74) is 14.1. The number of hydrogen-bond acceptors (Lipinski definition) is 2. The van der Waals surface area contributed by atoms with Gasteiger partial charge in [0.1, 0.15) is 17.7 Å². The molecule has 6 nitrogen and oxygen atoms in total. The van der Waals surface area contributed by atoms with Crippen LogP contribution in [0.4, 0.5) is 0 Å². The number of fused-ring (bicyclic) bond motifs is 15. The van der Waals surface area contributed by atoms with Gasteiger partial charge in [0.2, 0.25) is 0 Å². The van der Waals surface area contributed by atoms with Gasteiger partial charge >= 0.3 is 0 Å². The zero-order chi connectivity index (χ0) is 47.2. The zero-order valence-corrected chi connectivity index (χ0v) is 39.4. The van der Waals surface area contributed by atoms with Crippen molar-refractivity contribution in [1.29, 1.82) is 10.5 Å². The highest BCUT2D eigenvalue weighted by Crippen LogP contribution is 2.55. The molecule has 1 aliphatic rings. The fourth-order valence-corrected chi connectivity index (χ4v) is 12.8. The molecule has 0 saturated heterocycles. The average Bonchev–Trinajstić information content (AvgIpc) is 4.13. The first-order valence-corrected chi connectivity index (χ1v) is 24.3. The highest BCUT2D eigenvalue weighted by Gasteiger charge is 2.45. The van der Waals surface area contributed by atoms with Crippen molar-refractivity contribution in [2.24, 2.45) is 0 Å². The summed E-state index contributed by atoms with van der Waals surface area (Å²) < 4.78 is 9.51. The molecule has 4 aromatic heterocycles. The highest BCUT2D eigenvalue weighted by atomic mass is 15.1. The molecular weight excluding hydrogens is 853 g/mol. The van der Waals surface area contributed by atoms with E-state index in [9.17, 15) is 10.5 Å². The predicted octanol–water partition coefficient (Wildman–Crippen LogP) is 16.2. The van der Waals surface area contributed by atoms with E-state index in [1.807, 2.05) is 0 Å². The first kappa shape index (κ1) is 40.2. The second-order valence-corrected chi connectivity index (χ2v) is 20.5. The van der Waals surface area contributed by atoms with Crippen LogP contribution in [0.3, 0.4) is 0 Å². The second kappa shape index (κ2) is 14.3. The van der Waals surface area contributed by atoms with E-state index >= 15 is 0 Å². The molecule has 9 aromatic carbocycles. The molecule has 0 N–H and O–H groups in total. The number of para-hydroxylation sites is 6. The summed E-state index contributed by atoms with van der Waals surface area (Å²) in [5.74, 6) is 0. The van der Waals surface area contributed by atoms with E-state index in [2.05, 4.69) is 240 Å². The highest BCUT2D eigenvalue weighted by molar-refractivity contribution is 6.26. The molecule has 4 heterocycles. The van der Waals surface area contributed by atoms with E-state index in [0.717, 1.165) is 128 Å². The van der Waals surface area contributed by atoms with Crippen LogP contribution in [0.25, 0.3) is 110 Å². The van der Waals surface area contributed by atoms with Crippen LogP contribution in [0.5, 0.6) is 0 Å². The topological polar surface area (TPSA) is 67.3 Å². The summed E-state index contributed by atoms with van der Waals surface area (Å²) in [5, 5.41) is 33.3. The summed E-state index contributed by atoms with van der Waals surface area (Å²) in [6.45, 7) is 9.24. The van der Waals surface area contributed by atoms with Crippen molar-refractivity contribution in [2.75, 3.05) is 0 Å². The maximum Gasteiger partial charge on any atom is 0.104 e. The van der Waals surface area contributed by atoms with E-state index in [0.29, 0.717) is 16.8 Å². The maximum atomic E-state index is 12.4. The summed E-state index contributed by atoms with van der Waals surface area (Å²) in [4.78, 5) is 0. The Kier molecular flexibility index (Phi) is 8.25. The standard InChI is InChI=1S/C64H46N6/c1-63(2)35-36-64(3,4)56-55(63)49(37-65)57(69-53-29-17-13-25-43(53)47-33-31-45-41-23-11-15-27-51(41)67(59(45)61(47)69)39-19-7-5-8-20-39)50(38-66)58(56)70-54-30-18-14-26-44(54)48-34-32-46-42-24-12-16-28-52(42)68(60(46)62(48)70)40-21-9-6-10-22-40/h5-34H,35-36H2,1-4H3. The van der Waals surface area contributed by atoms with Gasteiger partial charge in [0.05, 0.1) is 61.1 Å². The predicted molar refractivity (Wildman–Crippen MR) is 289 cm³/mol. The quantitative estimate of drug-likeness (QED) is 0.177. The molecule has 0 fully saturated rings. The van der Waals surface area contributed by atoms with Crippen molar-refractivity contribution in [3.8, 4) is 34.9 Å². The smallest absolute Gasteiger partial charge is 0.104 e. The molecule has 13 aromatic rings. The van der Waals surface area contributed by atoms with Crippen LogP contribution < -0.4 is 0 Å². The van der Waals surface area contributed by atoms with Gasteiger partial charge in [-0.2, -0.15) is 10.5 Å². The molecule has 0 unspecified atom stereocenters. The first-order valence-electron chi connectivity index (χ1n) is 24.3. The van der Waals surface area contributed by atoms with Crippen molar-refractivity contribution in [3.63, 3.8) is 0 Å². The zero-order valence-electron chi connectivity index (χ0n) is 39.4. The molecule has 70 heavy (non-hydrogen) atoms. The van der Waals surface area contributed by atoms with E-state index in [4.69, 9.17) is 0 Å². The second-order valence-electron chi connectivity index (χ2n) is 20.5. The van der Waals surface area contributed by atoms with Crippen LogP contribution in [0.1, 0.15) is 62.8 Å². The maximum absolute atomic E-state index is 12.4. The molecule has 0 saturated carbocycles. The van der Waals surface area contributed by atoms with Gasteiger partial charge in [-0.25, -0.2) is 0 Å². The van der Waals surface area contributed by atoms with E-state index < -0.39 is 10.8 Å². The van der Waals surface area contributed by atoms with Gasteiger partial charge in [0.25, 0.3) is 0 Å². The van der Waals surface area contributed by atoms with Crippen molar-refractivity contribution >= 4 is 87.2 Å². The third-order valence-electron chi connectivity index (χ3n) is 15.8. The first-order chi connectivity index (χ1) is 34.2. The van der Waals surface area contributed by atoms with Gasteiger partial charge in [0.15, 0.2) is 0 Å². The van der Waals surface area contributed by atoms with Crippen molar-refractivity contribution < 1.29 is 0 Å². The lowest BCUT2D eigenvalue weighted by molar-refractivity contribution is 0.330. The minimum Gasteiger partial charge on any atom is -0.307 e. The molecule has 332 valence electrons. The molecule has 0 atom stereocenters. The lowest BCUT2D eigenvalue weighted by atomic mass is 9.60. The lowest BCUT2D eigenvalue weighted by Gasteiger charge is -2.44. The molecule has 0 bridgehead atoms. The van der Waals surface area contributed by atoms with Crippen LogP contribution >= 0.6 is 0 Å². The Bertz CT molecular complexity index is 4480. The third kappa shape index (κ3) is 5.20. The van der Waals surface area contributed by atoms with Gasteiger partial charge < -0.3 is 18.3 Å². The molecular formula is C64H46N6. The summed E-state index contributed by atoms with van der Waals surface area (Å²) >= 11 is 0. The Labute approximate surface area is 404 Å². The number of rotatable bonds is 4. The van der Waals surface area contributed by atoms with E-state index in [-0.39, 0.29) is 0 Å². The Morgan fingerprint density at radius 2 is 0.643 bits per heavy atom. The van der Waals surface area contributed by atoms with Gasteiger partial charge in [-0.15, -0.1) is 0 Å². The van der Waals surface area contributed by atoms with Crippen LogP contribution in [0.15, 0.2) is 182 Å². The Balaban J connectivity index is 1.27. The van der Waals surface area contributed by atoms with Crippen LogP contribution in [0, 0.1) is 22.7 Å². The van der Waals surface area contributed by atoms with Gasteiger partial charge in [0, 0.05) is 54.5 Å². The molecule has 0 aliphatic heterocycles. The van der Waals surface area contributed by atoms with Gasteiger partial charge in [-0.3, -0.25) is 0 Å². The van der Waals surface area contributed by atoms with Crippen LogP contribution in [0.2, 0.25) is 0 Å². The van der Waals surface area contributed by atoms with Gasteiger partial charge in [-0.1, -0.05) is 161 Å². The SMILES string of the molecule is CC1(C)CCC(C)(C)c2c(-n3c4ccccc4c4ccc5c6ccccc6n(-c6ccccc6)c5c43)c(C#N)c(-n3c4ccccc4c4ccc5c6ccccc6n(-c6ccccc6)c5c43)c(C#N)c21. The van der Waals surface area contributed by atoms with Crippen molar-refractivity contribution in [2.45, 2.75) is 51.4 Å². The molecule has 0 amide bonds. The average molecular weight is 899 g/mol. The number of aromatic nitrogens is 4. The van der Waals surface area contributed by atoms with Crippen molar-refractivity contribution in [3.05, 3.63) is 204 Å². The van der Waals surface area contributed by atoms with E-state index in [1.54, 1.807) is 0 Å². The normalized spacial score (nSPS) is 14.4. The van der Waals surface area contributed by atoms with Gasteiger partial charge in [-0.05, 0) is 83.3 Å². The fraction of sp³-hybridized carbons (Fsp3) is 0.125. The third-order valence-corrected chi connectivity index (χ3v) is 15.8. The number of hydrogen-bond donors (Lipinski definition) is 0. The number of nitrogens with zero attached hydrogens (tertiary/aromatic N) is 6. The number of benzene rings is 9. The lowest BCUT2D eigenvalue weighted by Crippen LogP contribution is -2.37. The molecule has 0 spiro atoms. The molecule has 6 heteroatoms. The summed E-state index contributed by atoms with van der Waals surface area (Å²) in [6, 6.07) is 70.6. The summed E-state index contributed by atoms with van der Waals surface area (Å²) in [6.07, 6.45) is 1.77. The minimum atomic E-state index is -0.423. The Morgan fingerprint density at radius 1 is 0.329 bits per heavy atom. The molecule has 14 rings (SSSR count). The van der Waals surface area contributed by atoms with Crippen molar-refractivity contribution in [1.82, 2.24) is 18.3 Å². The largest absolute Gasteiger partial charge is 0.307 e. The van der Waals surface area contributed by atoms with Crippen LogP contribution in [-0.2, 0) is 10.8 Å². The Hall–Kier alpha value is -8.84. The van der Waals surface area contributed by atoms with Crippen LogP contribution in [-0.4, -0.2) is 18.3 Å². The molecule has 1 aliphatic carbocycles. The van der Waals surface area contributed by atoms with E-state index in [1.165, 1.54) is 0 Å². The molecule has 0 radical (unpaired) electrons. The minimum absolute atomic E-state index is 0.415. The fourth-order valence-electron chi connectivity index (χ4n) is 12.8. The summed E-state index contributed by atoms with van der Waals surface area (Å²) in [7, 11) is 0. The monoisotopic (exact) mass is 898 g/mol.